The molecular weight excluding hydrogens is 253 g/mol. The second-order valence-electron chi connectivity index (χ2n) is 4.88. The highest BCUT2D eigenvalue weighted by atomic mass is 35.5. The molecule has 1 fully saturated rings. The molecule has 17 heavy (non-hydrogen) atoms. The van der Waals surface area contributed by atoms with Crippen molar-refractivity contribution in [2.24, 2.45) is 5.92 Å². The second kappa shape index (κ2) is 6.08. The van der Waals surface area contributed by atoms with Gasteiger partial charge in [-0.1, -0.05) is 42.6 Å². The maximum atomic E-state index is 6.03. The van der Waals surface area contributed by atoms with Gasteiger partial charge >= 0.3 is 0 Å². The predicted molar refractivity (Wildman–Crippen MR) is 74.8 cm³/mol. The number of nitrogens with zero attached hydrogens (tertiary/aromatic N) is 1. The normalized spacial score (nSPS) is 18.5. The number of likely N-dealkylation sites (tertiary alicyclic amines) is 1. The van der Waals surface area contributed by atoms with E-state index in [2.05, 4.69) is 17.9 Å². The summed E-state index contributed by atoms with van der Waals surface area (Å²) in [7, 11) is 0. The lowest BCUT2D eigenvalue weighted by molar-refractivity contribution is 0.175. The van der Waals surface area contributed by atoms with E-state index in [-0.39, 0.29) is 0 Å². The van der Waals surface area contributed by atoms with Crippen LogP contribution in [-0.2, 0) is 6.54 Å². The maximum absolute atomic E-state index is 6.03. The molecule has 94 valence electrons. The number of rotatable bonds is 3. The molecular formula is C14H19Cl2N. The monoisotopic (exact) mass is 271 g/mol. The van der Waals surface area contributed by atoms with Crippen LogP contribution in [-0.4, -0.2) is 18.0 Å². The topological polar surface area (TPSA) is 3.24 Å². The third-order valence-electron chi connectivity index (χ3n) is 3.67. The Morgan fingerprint density at radius 1 is 1.18 bits per heavy atom. The van der Waals surface area contributed by atoms with Crippen LogP contribution in [0.15, 0.2) is 18.2 Å². The van der Waals surface area contributed by atoms with Crippen LogP contribution in [0, 0.1) is 5.92 Å². The van der Waals surface area contributed by atoms with E-state index >= 15 is 0 Å². The average Bonchev–Trinajstić information content (AvgIpc) is 2.35. The molecule has 0 atom stereocenters. The van der Waals surface area contributed by atoms with Crippen molar-refractivity contribution in [3.63, 3.8) is 0 Å². The summed E-state index contributed by atoms with van der Waals surface area (Å²) in [6.07, 6.45) is 3.98. The van der Waals surface area contributed by atoms with Crippen LogP contribution in [0.1, 0.15) is 31.7 Å². The molecule has 0 spiro atoms. The molecule has 3 heteroatoms. The Bertz CT molecular complexity index is 370. The van der Waals surface area contributed by atoms with E-state index in [0.29, 0.717) is 10.0 Å². The largest absolute Gasteiger partial charge is 0.299 e. The Balaban J connectivity index is 1.91. The SMILES string of the molecule is CCC1CCN(Cc2ccc(Cl)c(Cl)c2)CC1. The number of piperidine rings is 1. The molecule has 0 aliphatic carbocycles. The minimum atomic E-state index is 0.639. The van der Waals surface area contributed by atoms with Crippen LogP contribution < -0.4 is 0 Å². The Morgan fingerprint density at radius 3 is 2.47 bits per heavy atom. The van der Waals surface area contributed by atoms with Crippen LogP contribution in [0.3, 0.4) is 0 Å². The highest BCUT2D eigenvalue weighted by Gasteiger charge is 2.17. The molecule has 2 rings (SSSR count). The molecule has 0 aromatic heterocycles. The zero-order chi connectivity index (χ0) is 12.3. The van der Waals surface area contributed by atoms with Crippen LogP contribution in [0.5, 0.6) is 0 Å². The van der Waals surface area contributed by atoms with Gasteiger partial charge in [-0.2, -0.15) is 0 Å². The van der Waals surface area contributed by atoms with E-state index < -0.39 is 0 Å². The van der Waals surface area contributed by atoms with Crippen molar-refractivity contribution in [1.82, 2.24) is 4.90 Å². The third kappa shape index (κ3) is 3.61. The Morgan fingerprint density at radius 2 is 1.88 bits per heavy atom. The summed E-state index contributed by atoms with van der Waals surface area (Å²) in [6, 6.07) is 5.94. The summed E-state index contributed by atoms with van der Waals surface area (Å²) in [5.74, 6) is 0.931. The molecule has 1 saturated heterocycles. The van der Waals surface area contributed by atoms with Gasteiger partial charge in [-0.05, 0) is 49.5 Å². The van der Waals surface area contributed by atoms with Gasteiger partial charge in [-0.15, -0.1) is 0 Å². The van der Waals surface area contributed by atoms with Gasteiger partial charge in [0.05, 0.1) is 10.0 Å². The fraction of sp³-hybridized carbons (Fsp3) is 0.571. The first-order valence-electron chi connectivity index (χ1n) is 6.35. The molecule has 1 aliphatic heterocycles. The summed E-state index contributed by atoms with van der Waals surface area (Å²) >= 11 is 11.9. The Hall–Kier alpha value is -0.240. The van der Waals surface area contributed by atoms with E-state index in [1.165, 1.54) is 37.9 Å². The molecule has 1 heterocycles. The summed E-state index contributed by atoms with van der Waals surface area (Å²) in [5, 5.41) is 1.30. The average molecular weight is 272 g/mol. The first-order chi connectivity index (χ1) is 8.19. The van der Waals surface area contributed by atoms with Crippen molar-refractivity contribution in [3.8, 4) is 0 Å². The predicted octanol–water partition coefficient (Wildman–Crippen LogP) is 4.62. The Labute approximate surface area is 114 Å². The van der Waals surface area contributed by atoms with Crippen molar-refractivity contribution < 1.29 is 0 Å². The van der Waals surface area contributed by atoms with Gasteiger partial charge in [0.15, 0.2) is 0 Å². The minimum Gasteiger partial charge on any atom is -0.299 e. The van der Waals surface area contributed by atoms with Crippen LogP contribution in [0.4, 0.5) is 0 Å². The summed E-state index contributed by atoms with van der Waals surface area (Å²) in [4.78, 5) is 2.51. The lowest BCUT2D eigenvalue weighted by atomic mass is 9.94. The zero-order valence-electron chi connectivity index (χ0n) is 10.3. The molecule has 0 unspecified atom stereocenters. The van der Waals surface area contributed by atoms with Crippen LogP contribution >= 0.6 is 23.2 Å². The van der Waals surface area contributed by atoms with Gasteiger partial charge < -0.3 is 0 Å². The summed E-state index contributed by atoms with van der Waals surface area (Å²) < 4.78 is 0. The minimum absolute atomic E-state index is 0.639. The quantitative estimate of drug-likeness (QED) is 0.776. The van der Waals surface area contributed by atoms with Crippen molar-refractivity contribution in [1.29, 1.82) is 0 Å². The molecule has 0 N–H and O–H groups in total. The molecule has 0 amide bonds. The van der Waals surface area contributed by atoms with E-state index in [9.17, 15) is 0 Å². The second-order valence-corrected chi connectivity index (χ2v) is 5.69. The van der Waals surface area contributed by atoms with Crippen LogP contribution in [0.25, 0.3) is 0 Å². The zero-order valence-corrected chi connectivity index (χ0v) is 11.8. The van der Waals surface area contributed by atoms with E-state index in [1.54, 1.807) is 0 Å². The van der Waals surface area contributed by atoms with Gasteiger partial charge in [-0.25, -0.2) is 0 Å². The van der Waals surface area contributed by atoms with Gasteiger partial charge in [0, 0.05) is 6.54 Å². The van der Waals surface area contributed by atoms with E-state index in [1.807, 2.05) is 12.1 Å². The molecule has 1 nitrogen and oxygen atoms in total. The fourth-order valence-electron chi connectivity index (χ4n) is 2.45. The first kappa shape index (κ1) is 13.2. The summed E-state index contributed by atoms with van der Waals surface area (Å²) in [6.45, 7) is 5.70. The van der Waals surface area contributed by atoms with Gasteiger partial charge in [0.1, 0.15) is 0 Å². The molecule has 0 bridgehead atoms. The summed E-state index contributed by atoms with van der Waals surface area (Å²) in [5.41, 5.74) is 1.26. The molecule has 1 aromatic carbocycles. The molecule has 1 aliphatic rings. The van der Waals surface area contributed by atoms with Gasteiger partial charge in [-0.3, -0.25) is 4.90 Å². The number of hydrogen-bond donors (Lipinski definition) is 0. The fourth-order valence-corrected chi connectivity index (χ4v) is 2.77. The highest BCUT2D eigenvalue weighted by molar-refractivity contribution is 6.42. The van der Waals surface area contributed by atoms with Gasteiger partial charge in [0.2, 0.25) is 0 Å². The maximum Gasteiger partial charge on any atom is 0.0595 e. The van der Waals surface area contributed by atoms with Crippen molar-refractivity contribution in [2.45, 2.75) is 32.7 Å². The Kier molecular flexibility index (Phi) is 4.72. The smallest absolute Gasteiger partial charge is 0.0595 e. The standard InChI is InChI=1S/C14H19Cl2N/c1-2-11-5-7-17(8-6-11)10-12-3-4-13(15)14(16)9-12/h3-4,9,11H,2,5-8,10H2,1H3. The van der Waals surface area contributed by atoms with E-state index in [4.69, 9.17) is 23.2 Å². The van der Waals surface area contributed by atoms with Crippen LogP contribution in [0.2, 0.25) is 10.0 Å². The highest BCUT2D eigenvalue weighted by Crippen LogP contribution is 2.25. The number of halogens is 2. The first-order valence-corrected chi connectivity index (χ1v) is 7.11. The van der Waals surface area contributed by atoms with Crippen molar-refractivity contribution in [2.75, 3.05) is 13.1 Å². The van der Waals surface area contributed by atoms with E-state index in [0.717, 1.165) is 12.5 Å². The number of benzene rings is 1. The van der Waals surface area contributed by atoms with Gasteiger partial charge in [0.25, 0.3) is 0 Å². The molecule has 1 aromatic rings. The third-order valence-corrected chi connectivity index (χ3v) is 4.41. The molecule has 0 saturated carbocycles. The lowest BCUT2D eigenvalue weighted by Crippen LogP contribution is -2.32. The number of hydrogen-bond acceptors (Lipinski definition) is 1. The van der Waals surface area contributed by atoms with Crippen molar-refractivity contribution >= 4 is 23.2 Å². The van der Waals surface area contributed by atoms with Crippen molar-refractivity contribution in [3.05, 3.63) is 33.8 Å². The molecule has 0 radical (unpaired) electrons. The lowest BCUT2D eigenvalue weighted by Gasteiger charge is -2.31.